The van der Waals surface area contributed by atoms with Crippen LogP contribution in [0, 0.1) is 0 Å². The molecule has 0 radical (unpaired) electrons. The molecule has 1 fully saturated rings. The van der Waals surface area contributed by atoms with Crippen LogP contribution in [0.1, 0.15) is 12.0 Å². The lowest BCUT2D eigenvalue weighted by Crippen LogP contribution is -2.25. The highest BCUT2D eigenvalue weighted by molar-refractivity contribution is 8.15. The topological polar surface area (TPSA) is 146 Å². The molecule has 1 aromatic heterocycles. The zero-order valence-electron chi connectivity index (χ0n) is 17.3. The molecular weight excluding hydrogens is 438 g/mol. The van der Waals surface area contributed by atoms with Gasteiger partial charge in [0.1, 0.15) is 24.6 Å². The normalized spacial score (nSPS) is 14.7. The number of aromatic nitrogens is 1. The number of nitrogens with one attached hydrogen (secondary N) is 1. The molecule has 11 heteroatoms. The van der Waals surface area contributed by atoms with Crippen LogP contribution in [0.25, 0.3) is 0 Å². The molecule has 1 saturated heterocycles. The van der Waals surface area contributed by atoms with E-state index in [2.05, 4.69) is 10.3 Å². The summed E-state index contributed by atoms with van der Waals surface area (Å²) in [6.45, 7) is 1.27. The number of carbonyl (C=O) groups excluding carboxylic acids is 2. The van der Waals surface area contributed by atoms with Gasteiger partial charge in [0.05, 0.1) is 11.8 Å². The quantitative estimate of drug-likeness (QED) is 0.474. The van der Waals surface area contributed by atoms with Gasteiger partial charge < -0.3 is 19.8 Å². The lowest BCUT2D eigenvalue weighted by molar-refractivity contribution is -0.147. The Hall–Kier alpha value is -3.60. The van der Waals surface area contributed by atoms with Crippen molar-refractivity contribution in [1.29, 1.82) is 0 Å². The average Bonchev–Trinajstić information content (AvgIpc) is 3.06. The van der Waals surface area contributed by atoms with Gasteiger partial charge in [-0.1, -0.05) is 30.0 Å². The number of hydrogen-bond acceptors (Lipinski definition) is 8. The first-order chi connectivity index (χ1) is 15.2. The number of imide groups is 1. The van der Waals surface area contributed by atoms with Crippen molar-refractivity contribution in [3.8, 4) is 5.75 Å². The van der Waals surface area contributed by atoms with E-state index < -0.39 is 18.4 Å². The van der Waals surface area contributed by atoms with E-state index in [0.717, 1.165) is 35.4 Å². The van der Waals surface area contributed by atoms with Crippen molar-refractivity contribution < 1.29 is 34.1 Å². The van der Waals surface area contributed by atoms with Crippen LogP contribution in [-0.4, -0.2) is 63.7 Å². The van der Waals surface area contributed by atoms with Gasteiger partial charge >= 0.3 is 11.9 Å². The first kappa shape index (κ1) is 24.7. The van der Waals surface area contributed by atoms with Crippen molar-refractivity contribution >= 4 is 40.7 Å². The zero-order chi connectivity index (χ0) is 23.5. The van der Waals surface area contributed by atoms with Gasteiger partial charge in [0.2, 0.25) is 5.91 Å². The predicted molar refractivity (Wildman–Crippen MR) is 118 cm³/mol. The molecule has 32 heavy (non-hydrogen) atoms. The molecule has 10 nitrogen and oxygen atoms in total. The first-order valence-corrected chi connectivity index (χ1v) is 10.4. The number of likely N-dealkylation sites (N-methyl/N-ethyl adjacent to an activating group) is 1. The van der Waals surface area contributed by atoms with Crippen LogP contribution in [0.5, 0.6) is 5.75 Å². The third kappa shape index (κ3) is 8.64. The molecule has 3 N–H and O–H groups in total. The molecule has 0 saturated carbocycles. The minimum absolute atomic E-state index is 0.215. The summed E-state index contributed by atoms with van der Waals surface area (Å²) in [5, 5.41) is 17.1. The fourth-order valence-electron chi connectivity index (χ4n) is 2.59. The number of ether oxygens (including phenoxy) is 1. The molecule has 170 valence electrons. The van der Waals surface area contributed by atoms with Gasteiger partial charge in [-0.2, -0.15) is 0 Å². The Morgan fingerprint density at radius 3 is 2.31 bits per heavy atom. The van der Waals surface area contributed by atoms with Crippen LogP contribution in [0.3, 0.4) is 0 Å². The maximum atomic E-state index is 11.6. The number of carboxylic acids is 2. The smallest absolute Gasteiger partial charge is 0.314 e. The van der Waals surface area contributed by atoms with Crippen LogP contribution in [0.4, 0.5) is 10.6 Å². The third-order valence-electron chi connectivity index (χ3n) is 4.15. The van der Waals surface area contributed by atoms with E-state index in [1.54, 1.807) is 6.20 Å². The minimum atomic E-state index is -1.31. The van der Waals surface area contributed by atoms with Gasteiger partial charge in [-0.25, -0.2) is 4.98 Å². The van der Waals surface area contributed by atoms with Crippen molar-refractivity contribution in [2.24, 2.45) is 0 Å². The van der Waals surface area contributed by atoms with Crippen molar-refractivity contribution in [2.75, 3.05) is 25.1 Å². The largest absolute Gasteiger partial charge is 0.492 e. The highest BCUT2D eigenvalue weighted by Gasteiger charge is 2.31. The molecule has 2 aromatic rings. The summed E-state index contributed by atoms with van der Waals surface area (Å²) in [7, 11) is 1.97. The lowest BCUT2D eigenvalue weighted by atomic mass is 10.1. The van der Waals surface area contributed by atoms with Crippen molar-refractivity contribution in [2.45, 2.75) is 18.1 Å². The van der Waals surface area contributed by atoms with Crippen molar-refractivity contribution in [1.82, 2.24) is 10.3 Å². The van der Waals surface area contributed by atoms with Crippen LogP contribution in [0.15, 0.2) is 48.7 Å². The van der Waals surface area contributed by atoms with Gasteiger partial charge in [-0.3, -0.25) is 24.5 Å². The van der Waals surface area contributed by atoms with E-state index in [0.29, 0.717) is 13.0 Å². The van der Waals surface area contributed by atoms with Crippen LogP contribution < -0.4 is 15.0 Å². The summed E-state index contributed by atoms with van der Waals surface area (Å²) in [5.74, 6) is -1.16. The number of aliphatic carboxylic acids is 2. The molecule has 2 amide bonds. The standard InChI is InChI=1S/C18H19N3O3S.C3H4O4/c1-21(16-4-2-3-9-19-16)10-11-24-14-7-5-13(6-8-14)12-15-17(22)20-18(23)25-15;4-2(5)1-3(6)7/h2-9,15H,10-12H2,1H3,(H,20,22,23);1H2,(H,4,5)(H,6,7). The molecule has 0 bridgehead atoms. The Bertz CT molecular complexity index is 926. The molecule has 3 rings (SSSR count). The number of pyridine rings is 1. The number of nitrogens with zero attached hydrogens (tertiary/aromatic N) is 2. The van der Waals surface area contributed by atoms with Crippen LogP contribution >= 0.6 is 11.8 Å². The van der Waals surface area contributed by atoms with Crippen molar-refractivity contribution in [3.63, 3.8) is 0 Å². The molecule has 1 aliphatic heterocycles. The second kappa shape index (κ2) is 12.3. The van der Waals surface area contributed by atoms with Gasteiger partial charge in [-0.15, -0.1) is 0 Å². The number of thioether (sulfide) groups is 1. The Morgan fingerprint density at radius 1 is 1.12 bits per heavy atom. The lowest BCUT2D eigenvalue weighted by Gasteiger charge is -2.18. The molecule has 1 unspecified atom stereocenters. The monoisotopic (exact) mass is 461 g/mol. The highest BCUT2D eigenvalue weighted by Crippen LogP contribution is 2.23. The number of rotatable bonds is 9. The van der Waals surface area contributed by atoms with Crippen LogP contribution in [-0.2, 0) is 20.8 Å². The number of carboxylic acid groups (broad SMARTS) is 2. The maximum Gasteiger partial charge on any atom is 0.314 e. The molecule has 0 aliphatic carbocycles. The SMILES string of the molecule is CN(CCOc1ccc(CC2SC(=O)NC2=O)cc1)c1ccccn1.O=C(O)CC(=O)O. The van der Waals surface area contributed by atoms with Crippen molar-refractivity contribution in [3.05, 3.63) is 54.2 Å². The molecule has 2 heterocycles. The van der Waals surface area contributed by atoms with Gasteiger partial charge in [-0.05, 0) is 36.2 Å². The number of anilines is 1. The fraction of sp³-hybridized carbons (Fsp3) is 0.286. The summed E-state index contributed by atoms with van der Waals surface area (Å²) in [6.07, 6.45) is 1.49. The summed E-state index contributed by atoms with van der Waals surface area (Å²) < 4.78 is 5.75. The summed E-state index contributed by atoms with van der Waals surface area (Å²) in [6, 6.07) is 13.4. The number of carbonyl (C=O) groups is 4. The van der Waals surface area contributed by atoms with Gasteiger partial charge in [0.15, 0.2) is 0 Å². The minimum Gasteiger partial charge on any atom is -0.492 e. The maximum absolute atomic E-state index is 11.6. The number of hydrogen-bond donors (Lipinski definition) is 3. The highest BCUT2D eigenvalue weighted by atomic mass is 32.2. The Labute approximate surface area is 188 Å². The molecule has 1 aromatic carbocycles. The van der Waals surface area contributed by atoms with E-state index >= 15 is 0 Å². The summed E-state index contributed by atoms with van der Waals surface area (Å²) in [5.41, 5.74) is 1.00. The van der Waals surface area contributed by atoms with E-state index in [1.165, 1.54) is 0 Å². The summed E-state index contributed by atoms with van der Waals surface area (Å²) >= 11 is 1.05. The number of amides is 2. The molecule has 1 atom stereocenters. The zero-order valence-corrected chi connectivity index (χ0v) is 18.1. The second-order valence-corrected chi connectivity index (χ2v) is 7.83. The average molecular weight is 461 g/mol. The molecular formula is C21H23N3O7S. The Balaban J connectivity index is 0.000000451. The van der Waals surface area contributed by atoms with E-state index in [9.17, 15) is 19.2 Å². The van der Waals surface area contributed by atoms with Crippen LogP contribution in [0.2, 0.25) is 0 Å². The number of benzene rings is 1. The fourth-order valence-corrected chi connectivity index (χ4v) is 3.45. The Kier molecular flexibility index (Phi) is 9.48. The first-order valence-electron chi connectivity index (χ1n) is 9.53. The predicted octanol–water partition coefficient (Wildman–Crippen LogP) is 2.04. The third-order valence-corrected chi connectivity index (χ3v) is 5.13. The van der Waals surface area contributed by atoms with Gasteiger partial charge in [0, 0.05) is 13.2 Å². The molecule has 0 spiro atoms. The summed E-state index contributed by atoms with van der Waals surface area (Å²) in [4.78, 5) is 48.0. The second-order valence-electron chi connectivity index (χ2n) is 6.65. The molecule has 1 aliphatic rings. The van der Waals surface area contributed by atoms with Gasteiger partial charge in [0.25, 0.3) is 5.24 Å². The Morgan fingerprint density at radius 2 is 1.81 bits per heavy atom. The van der Waals surface area contributed by atoms with E-state index in [-0.39, 0.29) is 16.4 Å². The van der Waals surface area contributed by atoms with E-state index in [4.69, 9.17) is 14.9 Å². The van der Waals surface area contributed by atoms with E-state index in [1.807, 2.05) is 54.4 Å².